The van der Waals surface area contributed by atoms with Gasteiger partial charge in [0, 0.05) is 32.2 Å². The number of aryl methyl sites for hydroxylation is 1. The number of aliphatic hydroxyl groups excluding tert-OH is 1. The van der Waals surface area contributed by atoms with Crippen LogP contribution in [-0.4, -0.2) is 58.8 Å². The Morgan fingerprint density at radius 2 is 1.60 bits per heavy atom. The second-order valence-corrected chi connectivity index (χ2v) is 9.52. The number of hydrogen-bond donors (Lipinski definition) is 1. The summed E-state index contributed by atoms with van der Waals surface area (Å²) in [6.45, 7) is 10.5. The molecule has 3 aromatic rings. The Bertz CT molecular complexity index is 1030. The van der Waals surface area contributed by atoms with Gasteiger partial charge in [-0.3, -0.25) is 4.90 Å². The van der Waals surface area contributed by atoms with E-state index in [4.69, 9.17) is 19.3 Å². The second kappa shape index (κ2) is 12.7. The Kier molecular flexibility index (Phi) is 9.72. The number of ether oxygens (including phenoxy) is 3. The van der Waals surface area contributed by atoms with Crippen molar-refractivity contribution in [3.8, 4) is 28.6 Å². The predicted octanol–water partition coefficient (Wildman–Crippen LogP) is 5.13. The van der Waals surface area contributed by atoms with Crippen molar-refractivity contribution in [2.24, 2.45) is 13.0 Å². The number of nitrogens with zero attached hydrogens (tertiary/aromatic N) is 3. The van der Waals surface area contributed by atoms with E-state index in [1.54, 1.807) is 11.8 Å². The normalized spacial score (nSPS) is 12.5. The number of aromatic nitrogens is 2. The largest absolute Gasteiger partial charge is 0.497 e. The fourth-order valence-electron chi connectivity index (χ4n) is 4.00. The molecule has 1 aromatic heterocycles. The minimum Gasteiger partial charge on any atom is -0.497 e. The molecule has 2 aromatic carbocycles. The first-order valence-corrected chi connectivity index (χ1v) is 12.2. The van der Waals surface area contributed by atoms with E-state index in [0.717, 1.165) is 29.1 Å². The molecule has 1 N–H and O–H groups in total. The van der Waals surface area contributed by atoms with Crippen molar-refractivity contribution >= 4 is 0 Å². The fraction of sp³-hybridized carbons (Fsp3) is 0.464. The van der Waals surface area contributed by atoms with E-state index in [1.165, 1.54) is 0 Å². The first-order valence-electron chi connectivity index (χ1n) is 12.2. The quantitative estimate of drug-likeness (QED) is 0.365. The molecule has 0 bridgehead atoms. The summed E-state index contributed by atoms with van der Waals surface area (Å²) in [6, 6.07) is 17.7. The summed E-state index contributed by atoms with van der Waals surface area (Å²) in [5.41, 5.74) is 2.88. The summed E-state index contributed by atoms with van der Waals surface area (Å²) in [5, 5.41) is 15.5. The third-order valence-corrected chi connectivity index (χ3v) is 5.51. The van der Waals surface area contributed by atoms with Crippen LogP contribution in [0, 0.1) is 5.92 Å². The molecule has 0 amide bonds. The van der Waals surface area contributed by atoms with E-state index in [-0.39, 0.29) is 6.10 Å². The average Bonchev–Trinajstić information content (AvgIpc) is 3.13. The Hall–Kier alpha value is -2.87. The van der Waals surface area contributed by atoms with Gasteiger partial charge in [-0.25, -0.2) is 4.68 Å². The summed E-state index contributed by atoms with van der Waals surface area (Å²) in [5.74, 6) is 2.58. The SMILES string of the molecule is COc1ccc(Oc2c(CN(CC(C)C)CC(O)COC(C)C)c(-c3ccccc3)nn2C)cc1. The summed E-state index contributed by atoms with van der Waals surface area (Å²) < 4.78 is 19.1. The van der Waals surface area contributed by atoms with Gasteiger partial charge in [0.05, 0.1) is 31.5 Å². The van der Waals surface area contributed by atoms with Crippen LogP contribution in [0.2, 0.25) is 0 Å². The number of benzene rings is 2. The van der Waals surface area contributed by atoms with Gasteiger partial charge in [0.15, 0.2) is 0 Å². The molecule has 1 unspecified atom stereocenters. The molecular formula is C28H39N3O4. The summed E-state index contributed by atoms with van der Waals surface area (Å²) in [7, 11) is 3.54. The third-order valence-electron chi connectivity index (χ3n) is 5.51. The van der Waals surface area contributed by atoms with Gasteiger partial charge in [0.1, 0.15) is 17.2 Å². The maximum atomic E-state index is 10.7. The van der Waals surface area contributed by atoms with Crippen molar-refractivity contribution in [1.29, 1.82) is 0 Å². The first-order chi connectivity index (χ1) is 16.8. The minimum atomic E-state index is -0.584. The van der Waals surface area contributed by atoms with Gasteiger partial charge in [-0.05, 0) is 44.0 Å². The van der Waals surface area contributed by atoms with E-state index < -0.39 is 6.10 Å². The minimum absolute atomic E-state index is 0.0794. The molecule has 0 aliphatic rings. The summed E-state index contributed by atoms with van der Waals surface area (Å²) in [4.78, 5) is 2.25. The van der Waals surface area contributed by atoms with Crippen molar-refractivity contribution in [1.82, 2.24) is 14.7 Å². The van der Waals surface area contributed by atoms with Gasteiger partial charge in [-0.1, -0.05) is 44.2 Å². The van der Waals surface area contributed by atoms with Crippen molar-refractivity contribution in [2.75, 3.05) is 26.8 Å². The molecule has 0 saturated heterocycles. The van der Waals surface area contributed by atoms with Crippen LogP contribution in [-0.2, 0) is 18.3 Å². The second-order valence-electron chi connectivity index (χ2n) is 9.52. The Morgan fingerprint density at radius 1 is 0.943 bits per heavy atom. The summed E-state index contributed by atoms with van der Waals surface area (Å²) >= 11 is 0. The number of hydrogen-bond acceptors (Lipinski definition) is 6. The van der Waals surface area contributed by atoms with Crippen molar-refractivity contribution in [3.05, 3.63) is 60.2 Å². The molecular weight excluding hydrogens is 442 g/mol. The molecule has 0 spiro atoms. The standard InChI is InChI=1S/C28H39N3O4/c1-20(2)16-31(17-23(32)19-34-21(3)4)18-26-27(22-10-8-7-9-11-22)29-30(5)28(26)35-25-14-12-24(33-6)13-15-25/h7-15,20-21,23,32H,16-19H2,1-6H3. The first kappa shape index (κ1) is 26.7. The smallest absolute Gasteiger partial charge is 0.222 e. The van der Waals surface area contributed by atoms with Gasteiger partial charge < -0.3 is 19.3 Å². The molecule has 190 valence electrons. The molecule has 1 atom stereocenters. The highest BCUT2D eigenvalue weighted by molar-refractivity contribution is 5.65. The predicted molar refractivity (Wildman–Crippen MR) is 139 cm³/mol. The van der Waals surface area contributed by atoms with Gasteiger partial charge in [-0.2, -0.15) is 5.10 Å². The van der Waals surface area contributed by atoms with Crippen LogP contribution < -0.4 is 9.47 Å². The lowest BCUT2D eigenvalue weighted by molar-refractivity contribution is -0.0109. The van der Waals surface area contributed by atoms with Crippen LogP contribution in [0.4, 0.5) is 0 Å². The fourth-order valence-corrected chi connectivity index (χ4v) is 4.00. The molecule has 0 saturated carbocycles. The molecule has 1 heterocycles. The van der Waals surface area contributed by atoms with Gasteiger partial charge >= 0.3 is 0 Å². The lowest BCUT2D eigenvalue weighted by Crippen LogP contribution is -2.37. The molecule has 7 heteroatoms. The zero-order valence-electron chi connectivity index (χ0n) is 21.8. The highest BCUT2D eigenvalue weighted by Crippen LogP contribution is 2.34. The molecule has 0 radical (unpaired) electrons. The Balaban J connectivity index is 1.95. The van der Waals surface area contributed by atoms with Crippen LogP contribution in [0.5, 0.6) is 17.4 Å². The monoisotopic (exact) mass is 481 g/mol. The van der Waals surface area contributed by atoms with E-state index in [9.17, 15) is 5.11 Å². The zero-order chi connectivity index (χ0) is 25.4. The number of aliphatic hydroxyl groups is 1. The van der Waals surface area contributed by atoms with Gasteiger partial charge in [-0.15, -0.1) is 0 Å². The molecule has 35 heavy (non-hydrogen) atoms. The van der Waals surface area contributed by atoms with Crippen molar-refractivity contribution in [3.63, 3.8) is 0 Å². The van der Waals surface area contributed by atoms with Gasteiger partial charge in [0.2, 0.25) is 5.88 Å². The van der Waals surface area contributed by atoms with E-state index in [2.05, 4.69) is 30.9 Å². The molecule has 0 aliphatic carbocycles. The van der Waals surface area contributed by atoms with E-state index in [1.807, 2.05) is 63.4 Å². The highest BCUT2D eigenvalue weighted by Gasteiger charge is 2.24. The maximum Gasteiger partial charge on any atom is 0.222 e. The molecule has 0 fully saturated rings. The molecule has 7 nitrogen and oxygen atoms in total. The van der Waals surface area contributed by atoms with Gasteiger partial charge in [0.25, 0.3) is 0 Å². The van der Waals surface area contributed by atoms with E-state index in [0.29, 0.717) is 37.2 Å². The summed E-state index contributed by atoms with van der Waals surface area (Å²) in [6.07, 6.45) is -0.505. The van der Waals surface area contributed by atoms with Crippen LogP contribution in [0.3, 0.4) is 0 Å². The lowest BCUT2D eigenvalue weighted by atomic mass is 10.1. The Morgan fingerprint density at radius 3 is 2.20 bits per heavy atom. The molecule has 3 rings (SSSR count). The van der Waals surface area contributed by atoms with Crippen LogP contribution in [0.1, 0.15) is 33.3 Å². The average molecular weight is 482 g/mol. The molecule has 0 aliphatic heterocycles. The topological polar surface area (TPSA) is 69.0 Å². The third kappa shape index (κ3) is 7.82. The van der Waals surface area contributed by atoms with Crippen molar-refractivity contribution in [2.45, 2.75) is 46.4 Å². The zero-order valence-corrected chi connectivity index (χ0v) is 21.8. The lowest BCUT2D eigenvalue weighted by Gasteiger charge is -2.27. The maximum absolute atomic E-state index is 10.7. The van der Waals surface area contributed by atoms with Crippen molar-refractivity contribution < 1.29 is 19.3 Å². The highest BCUT2D eigenvalue weighted by atomic mass is 16.5. The number of rotatable bonds is 13. The van der Waals surface area contributed by atoms with Crippen LogP contribution >= 0.6 is 0 Å². The van der Waals surface area contributed by atoms with E-state index >= 15 is 0 Å². The Labute approximate surface area is 209 Å². The van der Waals surface area contributed by atoms with Crippen LogP contribution in [0.15, 0.2) is 54.6 Å². The van der Waals surface area contributed by atoms with Crippen LogP contribution in [0.25, 0.3) is 11.3 Å². The number of methoxy groups -OCH3 is 1.